The number of nitrogens with zero attached hydrogens (tertiary/aromatic N) is 1. The Morgan fingerprint density at radius 1 is 1.18 bits per heavy atom. The van der Waals surface area contributed by atoms with E-state index >= 15 is 0 Å². The molecule has 0 fully saturated rings. The summed E-state index contributed by atoms with van der Waals surface area (Å²) in [6.07, 6.45) is 3.64. The first-order valence-corrected chi connectivity index (χ1v) is 6.39. The molecule has 1 N–H and O–H groups in total. The van der Waals surface area contributed by atoms with Gasteiger partial charge < -0.3 is 5.32 Å². The van der Waals surface area contributed by atoms with Crippen molar-refractivity contribution in [3.8, 4) is 0 Å². The van der Waals surface area contributed by atoms with Crippen molar-refractivity contribution in [1.29, 1.82) is 0 Å². The summed E-state index contributed by atoms with van der Waals surface area (Å²) in [5.41, 5.74) is 3.58. The van der Waals surface area contributed by atoms with Gasteiger partial charge >= 0.3 is 0 Å². The Hall–Kier alpha value is -1.35. The Balaban J connectivity index is 2.19. The molecule has 1 aromatic heterocycles. The van der Waals surface area contributed by atoms with E-state index in [4.69, 9.17) is 0 Å². The summed E-state index contributed by atoms with van der Waals surface area (Å²) in [7, 11) is 0. The highest BCUT2D eigenvalue weighted by atomic mass is 79.9. The third-order valence-corrected chi connectivity index (χ3v) is 3.82. The smallest absolute Gasteiger partial charge is 0.0492 e. The average molecular weight is 291 g/mol. The Morgan fingerprint density at radius 3 is 2.59 bits per heavy atom. The molecule has 2 rings (SSSR count). The SMILES string of the molecule is Cc1cccc(NC(C)c2ccncc2)c1Br. The predicted molar refractivity (Wildman–Crippen MR) is 75.2 cm³/mol. The number of pyridine rings is 1. The van der Waals surface area contributed by atoms with Crippen molar-refractivity contribution in [1.82, 2.24) is 4.98 Å². The highest BCUT2D eigenvalue weighted by Gasteiger charge is 2.07. The lowest BCUT2D eigenvalue weighted by Crippen LogP contribution is -2.07. The van der Waals surface area contributed by atoms with Gasteiger partial charge in [0.2, 0.25) is 0 Å². The van der Waals surface area contributed by atoms with Crippen molar-refractivity contribution >= 4 is 21.6 Å². The molecular formula is C14H15BrN2. The molecule has 0 amide bonds. The van der Waals surface area contributed by atoms with Gasteiger partial charge in [0.1, 0.15) is 0 Å². The van der Waals surface area contributed by atoms with Crippen LogP contribution in [0.3, 0.4) is 0 Å². The van der Waals surface area contributed by atoms with E-state index < -0.39 is 0 Å². The van der Waals surface area contributed by atoms with E-state index in [0.717, 1.165) is 10.2 Å². The molecule has 3 heteroatoms. The maximum absolute atomic E-state index is 4.03. The molecule has 17 heavy (non-hydrogen) atoms. The van der Waals surface area contributed by atoms with E-state index in [1.807, 2.05) is 24.5 Å². The number of aromatic nitrogens is 1. The van der Waals surface area contributed by atoms with Gasteiger partial charge in [0.05, 0.1) is 0 Å². The zero-order chi connectivity index (χ0) is 12.3. The van der Waals surface area contributed by atoms with Crippen LogP contribution in [0.1, 0.15) is 24.1 Å². The molecule has 1 unspecified atom stereocenters. The molecule has 88 valence electrons. The molecule has 0 spiro atoms. The van der Waals surface area contributed by atoms with Gasteiger partial charge in [0.25, 0.3) is 0 Å². The van der Waals surface area contributed by atoms with E-state index in [9.17, 15) is 0 Å². The minimum atomic E-state index is 0.260. The van der Waals surface area contributed by atoms with Crippen LogP contribution >= 0.6 is 15.9 Å². The Labute approximate surface area is 110 Å². The van der Waals surface area contributed by atoms with Crippen LogP contribution in [0.5, 0.6) is 0 Å². The van der Waals surface area contributed by atoms with Crippen LogP contribution < -0.4 is 5.32 Å². The van der Waals surface area contributed by atoms with Gasteiger partial charge in [-0.25, -0.2) is 0 Å². The summed E-state index contributed by atoms with van der Waals surface area (Å²) >= 11 is 3.61. The fourth-order valence-electron chi connectivity index (χ4n) is 1.73. The quantitative estimate of drug-likeness (QED) is 0.910. The molecule has 0 aliphatic carbocycles. The van der Waals surface area contributed by atoms with Crippen LogP contribution in [0.25, 0.3) is 0 Å². The molecule has 2 aromatic rings. The van der Waals surface area contributed by atoms with Gasteiger partial charge in [-0.3, -0.25) is 4.98 Å². The number of hydrogen-bond acceptors (Lipinski definition) is 2. The lowest BCUT2D eigenvalue weighted by Gasteiger charge is -2.17. The van der Waals surface area contributed by atoms with Crippen molar-refractivity contribution in [3.63, 3.8) is 0 Å². The standard InChI is InChI=1S/C14H15BrN2/c1-10-4-3-5-13(14(10)15)17-11(2)12-6-8-16-9-7-12/h3-9,11,17H,1-2H3. The van der Waals surface area contributed by atoms with Crippen LogP contribution in [-0.2, 0) is 0 Å². The second kappa shape index (κ2) is 5.32. The first-order valence-electron chi connectivity index (χ1n) is 5.60. The van der Waals surface area contributed by atoms with Gasteiger partial charge in [-0.05, 0) is 59.1 Å². The predicted octanol–water partition coefficient (Wildman–Crippen LogP) is 4.33. The minimum Gasteiger partial charge on any atom is -0.378 e. The second-order valence-corrected chi connectivity index (χ2v) is 4.88. The number of nitrogens with one attached hydrogen (secondary N) is 1. The second-order valence-electron chi connectivity index (χ2n) is 4.08. The average Bonchev–Trinajstić information content (AvgIpc) is 2.36. The van der Waals surface area contributed by atoms with Crippen LogP contribution in [0.4, 0.5) is 5.69 Å². The lowest BCUT2D eigenvalue weighted by atomic mass is 10.1. The third-order valence-electron chi connectivity index (χ3n) is 2.77. The first-order chi connectivity index (χ1) is 8.18. The van der Waals surface area contributed by atoms with Gasteiger partial charge in [-0.1, -0.05) is 12.1 Å². The van der Waals surface area contributed by atoms with Gasteiger partial charge in [-0.2, -0.15) is 0 Å². The molecule has 1 atom stereocenters. The van der Waals surface area contributed by atoms with Crippen LogP contribution in [0.15, 0.2) is 47.2 Å². The van der Waals surface area contributed by atoms with Crippen molar-refractivity contribution in [2.75, 3.05) is 5.32 Å². The fourth-order valence-corrected chi connectivity index (χ4v) is 2.11. The largest absolute Gasteiger partial charge is 0.378 e. The summed E-state index contributed by atoms with van der Waals surface area (Å²) < 4.78 is 1.13. The molecule has 1 aromatic carbocycles. The van der Waals surface area contributed by atoms with Gasteiger partial charge in [-0.15, -0.1) is 0 Å². The molecule has 1 heterocycles. The number of benzene rings is 1. The van der Waals surface area contributed by atoms with E-state index in [1.54, 1.807) is 0 Å². The normalized spacial score (nSPS) is 12.2. The van der Waals surface area contributed by atoms with E-state index in [0.29, 0.717) is 0 Å². The van der Waals surface area contributed by atoms with Gasteiger partial charge in [0.15, 0.2) is 0 Å². The zero-order valence-corrected chi connectivity index (χ0v) is 11.5. The number of aryl methyl sites for hydroxylation is 1. The topological polar surface area (TPSA) is 24.9 Å². The van der Waals surface area contributed by atoms with E-state index in [-0.39, 0.29) is 6.04 Å². The van der Waals surface area contributed by atoms with E-state index in [2.05, 4.69) is 58.3 Å². The lowest BCUT2D eigenvalue weighted by molar-refractivity contribution is 0.879. The van der Waals surface area contributed by atoms with Gasteiger partial charge in [0, 0.05) is 28.6 Å². The van der Waals surface area contributed by atoms with Crippen molar-refractivity contribution in [2.45, 2.75) is 19.9 Å². The summed E-state index contributed by atoms with van der Waals surface area (Å²) in [5, 5.41) is 3.49. The minimum absolute atomic E-state index is 0.260. The molecular weight excluding hydrogens is 276 g/mol. The maximum atomic E-state index is 4.03. The molecule has 0 aliphatic rings. The molecule has 0 radical (unpaired) electrons. The number of hydrogen-bond donors (Lipinski definition) is 1. The first kappa shape index (κ1) is 12.1. The van der Waals surface area contributed by atoms with E-state index in [1.165, 1.54) is 11.1 Å². The van der Waals surface area contributed by atoms with Crippen molar-refractivity contribution in [3.05, 3.63) is 58.3 Å². The van der Waals surface area contributed by atoms with Crippen LogP contribution in [0.2, 0.25) is 0 Å². The molecule has 0 saturated heterocycles. The molecule has 0 bridgehead atoms. The number of rotatable bonds is 3. The summed E-state index contributed by atoms with van der Waals surface area (Å²) in [6.45, 7) is 4.23. The highest BCUT2D eigenvalue weighted by molar-refractivity contribution is 9.10. The number of halogens is 1. The summed E-state index contributed by atoms with van der Waals surface area (Å²) in [4.78, 5) is 4.03. The maximum Gasteiger partial charge on any atom is 0.0492 e. The summed E-state index contributed by atoms with van der Waals surface area (Å²) in [5.74, 6) is 0. The van der Waals surface area contributed by atoms with Crippen molar-refractivity contribution in [2.24, 2.45) is 0 Å². The Morgan fingerprint density at radius 2 is 1.88 bits per heavy atom. The Kier molecular flexibility index (Phi) is 3.79. The summed E-state index contributed by atoms with van der Waals surface area (Å²) in [6, 6.07) is 10.5. The Bertz CT molecular complexity index is 497. The molecule has 2 nitrogen and oxygen atoms in total. The fraction of sp³-hybridized carbons (Fsp3) is 0.214. The van der Waals surface area contributed by atoms with Crippen molar-refractivity contribution < 1.29 is 0 Å². The van der Waals surface area contributed by atoms with Crippen LogP contribution in [0, 0.1) is 6.92 Å². The zero-order valence-electron chi connectivity index (χ0n) is 9.94. The third kappa shape index (κ3) is 2.86. The molecule has 0 aliphatic heterocycles. The number of anilines is 1. The highest BCUT2D eigenvalue weighted by Crippen LogP contribution is 2.28. The van der Waals surface area contributed by atoms with Crippen LogP contribution in [-0.4, -0.2) is 4.98 Å². The monoisotopic (exact) mass is 290 g/mol. The molecule has 0 saturated carbocycles.